The summed E-state index contributed by atoms with van der Waals surface area (Å²) in [6.45, 7) is 0. The minimum atomic E-state index is -2.10. The Morgan fingerprint density at radius 1 is 0.964 bits per heavy atom. The lowest BCUT2D eigenvalue weighted by Crippen LogP contribution is -2.54. The summed E-state index contributed by atoms with van der Waals surface area (Å²) in [4.78, 5) is 9.30. The quantitative estimate of drug-likeness (QED) is 0.286. The second-order valence-electron chi connectivity index (χ2n) is 5.24. The van der Waals surface area contributed by atoms with Crippen LogP contribution in [0.4, 0.5) is 0 Å². The van der Waals surface area contributed by atoms with Crippen LogP contribution in [-0.4, -0.2) is 41.3 Å². The Hall–Kier alpha value is 0.510. The van der Waals surface area contributed by atoms with Gasteiger partial charge < -0.3 is 4.74 Å². The number of ether oxygens (including phenoxy) is 1. The highest BCUT2D eigenvalue weighted by Gasteiger charge is 2.48. The summed E-state index contributed by atoms with van der Waals surface area (Å²) in [7, 11) is 1.54. The van der Waals surface area contributed by atoms with Crippen LogP contribution in [0.15, 0.2) is 40.3 Å². The molecule has 0 fully saturated rings. The van der Waals surface area contributed by atoms with Gasteiger partial charge in [-0.15, -0.1) is 0 Å². The van der Waals surface area contributed by atoms with Gasteiger partial charge in [0.05, 0.1) is 7.11 Å². The molecule has 1 aromatic carbocycles. The third kappa shape index (κ3) is 6.26. The maximum absolute atomic E-state index is 6.08. The molecule has 0 bridgehead atoms. The molecule has 1 heterocycles. The van der Waals surface area contributed by atoms with Gasteiger partial charge >= 0.3 is 0 Å². The summed E-state index contributed by atoms with van der Waals surface area (Å²) in [6, 6.07) is 7.22. The Morgan fingerprint density at radius 3 is 2.07 bits per heavy atom. The fourth-order valence-corrected chi connectivity index (χ4v) is 3.43. The van der Waals surface area contributed by atoms with Gasteiger partial charge in [-0.25, -0.2) is 9.98 Å². The van der Waals surface area contributed by atoms with Gasteiger partial charge in [-0.05, 0) is 12.1 Å². The Labute approximate surface area is 206 Å². The maximum atomic E-state index is 6.08. The van der Waals surface area contributed by atoms with Crippen molar-refractivity contribution in [1.82, 2.24) is 4.90 Å². The van der Waals surface area contributed by atoms with Crippen LogP contribution in [0, 0.1) is 0 Å². The highest BCUT2D eigenvalue weighted by Crippen LogP contribution is 2.43. The van der Waals surface area contributed by atoms with E-state index in [0.29, 0.717) is 5.75 Å². The fourth-order valence-electron chi connectivity index (χ4n) is 2.22. The Bertz CT molecular complexity index is 806. The number of amidine groups is 2. The molecule has 1 aromatic rings. The van der Waals surface area contributed by atoms with Crippen molar-refractivity contribution >= 4 is 122 Å². The van der Waals surface area contributed by atoms with Gasteiger partial charge in [-0.3, -0.25) is 4.90 Å². The smallest absolute Gasteiger partial charge is 0.271 e. The van der Waals surface area contributed by atoms with Crippen LogP contribution >= 0.6 is 104 Å². The topological polar surface area (TPSA) is 37.2 Å². The SMILES string of the molecule is COc1ccccc1C=CC1N=C(C(Cl)(Cl)Cl)N=C(C(Cl)(Cl)Cl)N1C(Cl)(Cl)Cl. The van der Waals surface area contributed by atoms with E-state index in [0.717, 1.165) is 10.5 Å². The van der Waals surface area contributed by atoms with E-state index < -0.39 is 17.7 Å². The normalized spacial score (nSPS) is 18.9. The Morgan fingerprint density at radius 2 is 1.57 bits per heavy atom. The second-order valence-corrected chi connectivity index (χ2v) is 12.0. The number of benzene rings is 1. The molecule has 1 unspecified atom stereocenters. The zero-order valence-electron chi connectivity index (χ0n) is 13.7. The molecule has 1 aliphatic rings. The van der Waals surface area contributed by atoms with E-state index in [2.05, 4.69) is 9.98 Å². The first kappa shape index (κ1) is 24.8. The van der Waals surface area contributed by atoms with E-state index >= 15 is 0 Å². The highest BCUT2D eigenvalue weighted by molar-refractivity contribution is 6.79. The van der Waals surface area contributed by atoms with Crippen LogP contribution in [0.1, 0.15) is 5.56 Å². The lowest BCUT2D eigenvalue weighted by molar-refractivity contribution is 0.361. The third-order valence-corrected chi connectivity index (χ3v) is 4.89. The van der Waals surface area contributed by atoms with Gasteiger partial charge in [0.25, 0.3) is 3.92 Å². The van der Waals surface area contributed by atoms with Gasteiger partial charge in [-0.2, -0.15) is 0 Å². The first-order valence-electron chi connectivity index (χ1n) is 7.23. The number of nitrogens with zero attached hydrogens (tertiary/aromatic N) is 3. The van der Waals surface area contributed by atoms with Crippen molar-refractivity contribution in [2.75, 3.05) is 7.11 Å². The van der Waals surface area contributed by atoms with E-state index in [1.807, 2.05) is 12.1 Å². The van der Waals surface area contributed by atoms with Crippen molar-refractivity contribution in [1.29, 1.82) is 0 Å². The molecule has 1 aliphatic heterocycles. The largest absolute Gasteiger partial charge is 0.496 e. The molecular weight excluding hydrogens is 557 g/mol. The Kier molecular flexibility index (Phi) is 8.26. The number of para-hydroxylation sites is 1. The van der Waals surface area contributed by atoms with Gasteiger partial charge in [0.2, 0.25) is 7.59 Å². The van der Waals surface area contributed by atoms with Crippen molar-refractivity contribution in [3.05, 3.63) is 35.9 Å². The molecular formula is C15H10Cl9N3O. The molecule has 0 spiro atoms. The van der Waals surface area contributed by atoms with Crippen molar-refractivity contribution in [3.8, 4) is 5.75 Å². The molecule has 0 aromatic heterocycles. The minimum Gasteiger partial charge on any atom is -0.496 e. The first-order valence-corrected chi connectivity index (χ1v) is 10.6. The van der Waals surface area contributed by atoms with E-state index in [4.69, 9.17) is 109 Å². The molecule has 4 nitrogen and oxygen atoms in total. The molecule has 0 saturated carbocycles. The average molecular weight is 567 g/mol. The number of alkyl halides is 9. The average Bonchev–Trinajstić information content (AvgIpc) is 2.56. The van der Waals surface area contributed by atoms with Crippen LogP contribution in [-0.2, 0) is 0 Å². The van der Waals surface area contributed by atoms with Crippen LogP contribution in [0.2, 0.25) is 0 Å². The number of hydrogen-bond acceptors (Lipinski definition) is 4. The van der Waals surface area contributed by atoms with Crippen LogP contribution < -0.4 is 4.74 Å². The first-order chi connectivity index (χ1) is 12.7. The van der Waals surface area contributed by atoms with Crippen molar-refractivity contribution < 1.29 is 4.74 Å². The summed E-state index contributed by atoms with van der Waals surface area (Å²) < 4.78 is -0.884. The second kappa shape index (κ2) is 9.33. The molecule has 0 amide bonds. The van der Waals surface area contributed by atoms with Crippen LogP contribution in [0.25, 0.3) is 6.08 Å². The van der Waals surface area contributed by atoms with Crippen molar-refractivity contribution in [3.63, 3.8) is 0 Å². The predicted octanol–water partition coefficient (Wildman–Crippen LogP) is 7.22. The number of rotatable bonds is 3. The lowest BCUT2D eigenvalue weighted by Gasteiger charge is -2.40. The zero-order chi connectivity index (χ0) is 21.3. The summed E-state index contributed by atoms with van der Waals surface area (Å²) in [5.74, 6) is 0.0957. The van der Waals surface area contributed by atoms with E-state index in [1.54, 1.807) is 24.3 Å². The van der Waals surface area contributed by atoms with E-state index in [9.17, 15) is 0 Å². The fraction of sp³-hybridized carbons (Fsp3) is 0.333. The molecule has 0 N–H and O–H groups in total. The third-order valence-electron chi connectivity index (χ3n) is 3.33. The molecule has 154 valence electrons. The summed E-state index contributed by atoms with van der Waals surface area (Å²) >= 11 is 54.1. The highest BCUT2D eigenvalue weighted by atomic mass is 35.6. The van der Waals surface area contributed by atoms with Crippen LogP contribution in [0.3, 0.4) is 0 Å². The monoisotopic (exact) mass is 563 g/mol. The van der Waals surface area contributed by atoms with Crippen molar-refractivity contribution in [2.24, 2.45) is 9.98 Å². The van der Waals surface area contributed by atoms with Crippen LogP contribution in [0.5, 0.6) is 5.75 Å². The summed E-state index contributed by atoms with van der Waals surface area (Å²) in [5, 5.41) is 0. The Balaban J connectivity index is 2.59. The number of halogens is 9. The molecule has 0 saturated heterocycles. The van der Waals surface area contributed by atoms with Gasteiger partial charge in [0, 0.05) is 5.56 Å². The molecule has 0 radical (unpaired) electrons. The van der Waals surface area contributed by atoms with E-state index in [-0.39, 0.29) is 11.7 Å². The molecule has 0 aliphatic carbocycles. The molecule has 2 rings (SSSR count). The van der Waals surface area contributed by atoms with E-state index in [1.165, 1.54) is 7.11 Å². The number of methoxy groups -OCH3 is 1. The number of hydrogen-bond donors (Lipinski definition) is 0. The van der Waals surface area contributed by atoms with Gasteiger partial charge in [-0.1, -0.05) is 129 Å². The molecule has 13 heteroatoms. The number of aliphatic imine (C=N–C) groups is 2. The summed E-state index contributed by atoms with van der Waals surface area (Å²) in [6.07, 6.45) is 2.21. The lowest BCUT2D eigenvalue weighted by atomic mass is 10.1. The zero-order valence-corrected chi connectivity index (χ0v) is 20.5. The van der Waals surface area contributed by atoms with Gasteiger partial charge in [0.15, 0.2) is 11.7 Å². The minimum absolute atomic E-state index is 0.237. The van der Waals surface area contributed by atoms with Gasteiger partial charge in [0.1, 0.15) is 11.9 Å². The maximum Gasteiger partial charge on any atom is 0.271 e. The summed E-state index contributed by atoms with van der Waals surface area (Å²) in [5.41, 5.74) is 0.720. The van der Waals surface area contributed by atoms with Crippen molar-refractivity contribution in [2.45, 2.75) is 17.7 Å². The standard InChI is InChI=1S/C15H10Cl9N3O/c1-28-9-5-3-2-4-8(9)6-7-10-25-11(13(16,17)18)26-12(14(19,20)21)27(10)15(22,23)24/h2-7,10H,1H3. The molecule has 1 atom stereocenters. The molecule has 28 heavy (non-hydrogen) atoms. The predicted molar refractivity (Wildman–Crippen MR) is 123 cm³/mol.